The van der Waals surface area contributed by atoms with Crippen molar-refractivity contribution in [2.24, 2.45) is 0 Å². The minimum Gasteiger partial charge on any atom is -0.354 e. The van der Waals surface area contributed by atoms with Gasteiger partial charge in [-0.2, -0.15) is 18.2 Å². The fraction of sp³-hybridized carbons (Fsp3) is 0.269. The first kappa shape index (κ1) is 27.8. The van der Waals surface area contributed by atoms with Crippen molar-refractivity contribution in [1.82, 2.24) is 15.0 Å². The smallest absolute Gasteiger partial charge is 0.354 e. The van der Waals surface area contributed by atoms with Crippen LogP contribution in [0.4, 0.5) is 24.9 Å². The number of sulfone groups is 2. The van der Waals surface area contributed by atoms with Crippen molar-refractivity contribution in [3.8, 4) is 11.3 Å². The van der Waals surface area contributed by atoms with Crippen LogP contribution in [0.15, 0.2) is 70.5 Å². The lowest BCUT2D eigenvalue weighted by atomic mass is 10.1. The summed E-state index contributed by atoms with van der Waals surface area (Å²) in [6.45, 7) is 0.114. The van der Waals surface area contributed by atoms with Gasteiger partial charge >= 0.3 is 6.18 Å². The minimum atomic E-state index is -4.52. The van der Waals surface area contributed by atoms with E-state index in [-0.39, 0.29) is 52.0 Å². The van der Waals surface area contributed by atoms with Gasteiger partial charge in [0.15, 0.2) is 25.5 Å². The molecule has 0 amide bonds. The molecule has 40 heavy (non-hydrogen) atoms. The molecule has 2 aromatic carbocycles. The van der Waals surface area contributed by atoms with Crippen LogP contribution < -0.4 is 10.6 Å². The Balaban J connectivity index is 1.55. The number of halogens is 3. The number of aromatic nitrogens is 3. The van der Waals surface area contributed by atoms with E-state index in [9.17, 15) is 30.0 Å². The maximum atomic E-state index is 13.8. The van der Waals surface area contributed by atoms with Gasteiger partial charge in [0.2, 0.25) is 5.95 Å². The molecule has 2 heterocycles. The summed E-state index contributed by atoms with van der Waals surface area (Å²) in [5, 5.41) is 5.50. The van der Waals surface area contributed by atoms with Crippen LogP contribution >= 0.6 is 0 Å². The molecule has 14 heteroatoms. The summed E-state index contributed by atoms with van der Waals surface area (Å²) < 4.78 is 89.3. The zero-order chi connectivity index (χ0) is 28.9. The van der Waals surface area contributed by atoms with Crippen molar-refractivity contribution in [2.75, 3.05) is 23.1 Å². The van der Waals surface area contributed by atoms with Gasteiger partial charge in [-0.1, -0.05) is 24.3 Å². The van der Waals surface area contributed by atoms with E-state index in [1.54, 1.807) is 36.4 Å². The molecular weight excluding hydrogens is 567 g/mol. The highest BCUT2D eigenvalue weighted by molar-refractivity contribution is 7.91. The molecule has 5 rings (SSSR count). The number of nitrogens with zero attached hydrogens (tertiary/aromatic N) is 3. The van der Waals surface area contributed by atoms with E-state index < -0.39 is 31.4 Å². The third-order valence-corrected chi connectivity index (χ3v) is 8.75. The van der Waals surface area contributed by atoms with Crippen molar-refractivity contribution in [2.45, 2.75) is 40.9 Å². The number of alkyl halides is 3. The Bertz CT molecular complexity index is 1840. The molecule has 1 aliphatic carbocycles. The summed E-state index contributed by atoms with van der Waals surface area (Å²) >= 11 is 0. The van der Waals surface area contributed by atoms with Gasteiger partial charge in [-0.3, -0.25) is 0 Å². The molecule has 2 aromatic heterocycles. The first-order valence-electron chi connectivity index (χ1n) is 12.0. The fourth-order valence-electron chi connectivity index (χ4n) is 4.13. The van der Waals surface area contributed by atoms with Crippen LogP contribution in [0.3, 0.4) is 0 Å². The van der Waals surface area contributed by atoms with E-state index in [4.69, 9.17) is 0 Å². The third-order valence-electron chi connectivity index (χ3n) is 6.53. The molecule has 2 N–H and O–H groups in total. The summed E-state index contributed by atoms with van der Waals surface area (Å²) in [7, 11) is -6.92. The predicted octanol–water partition coefficient (Wildman–Crippen LogP) is 4.62. The van der Waals surface area contributed by atoms with Crippen molar-refractivity contribution in [1.29, 1.82) is 0 Å². The zero-order valence-corrected chi connectivity index (χ0v) is 23.0. The highest BCUT2D eigenvalue weighted by Crippen LogP contribution is 2.51. The first-order chi connectivity index (χ1) is 18.6. The Morgan fingerprint density at radius 2 is 1.50 bits per heavy atom. The molecule has 0 atom stereocenters. The number of hydrogen-bond acceptors (Lipinski definition) is 9. The lowest BCUT2D eigenvalue weighted by Gasteiger charge is -2.22. The lowest BCUT2D eigenvalue weighted by Crippen LogP contribution is -2.39. The quantitative estimate of drug-likeness (QED) is 0.301. The van der Waals surface area contributed by atoms with Crippen LogP contribution in [-0.2, 0) is 26.2 Å². The van der Waals surface area contributed by atoms with Crippen LogP contribution in [0.25, 0.3) is 22.3 Å². The number of nitrogens with one attached hydrogen (secondary N) is 2. The molecule has 9 nitrogen and oxygen atoms in total. The van der Waals surface area contributed by atoms with Gasteiger partial charge in [0.1, 0.15) is 11.1 Å². The van der Waals surface area contributed by atoms with E-state index in [0.717, 1.165) is 12.5 Å². The highest BCUT2D eigenvalue weighted by Gasteiger charge is 2.64. The Morgan fingerprint density at radius 3 is 2.12 bits per heavy atom. The number of rotatable bonds is 8. The molecular formula is C26H24F3N5O4S2. The molecule has 0 spiro atoms. The van der Waals surface area contributed by atoms with Gasteiger partial charge in [0.05, 0.1) is 21.0 Å². The summed E-state index contributed by atoms with van der Waals surface area (Å²) in [6, 6.07) is 15.5. The topological polar surface area (TPSA) is 131 Å². The fourth-order valence-corrected chi connectivity index (χ4v) is 5.48. The maximum absolute atomic E-state index is 13.8. The monoisotopic (exact) mass is 591 g/mol. The molecule has 0 saturated heterocycles. The van der Waals surface area contributed by atoms with E-state index in [0.29, 0.717) is 16.8 Å². The van der Waals surface area contributed by atoms with Crippen LogP contribution in [0.2, 0.25) is 0 Å². The number of pyridine rings is 1. The maximum Gasteiger partial charge on any atom is 0.411 e. The minimum absolute atomic E-state index is 0.0198. The van der Waals surface area contributed by atoms with Gasteiger partial charge in [0, 0.05) is 24.6 Å². The molecule has 1 aliphatic rings. The molecule has 0 bridgehead atoms. The van der Waals surface area contributed by atoms with Gasteiger partial charge in [-0.25, -0.2) is 26.8 Å². The normalized spacial score (nSPS) is 15.1. The van der Waals surface area contributed by atoms with E-state index in [1.165, 1.54) is 24.3 Å². The second-order valence-electron chi connectivity index (χ2n) is 9.74. The second-order valence-corrected chi connectivity index (χ2v) is 13.8. The zero-order valence-electron chi connectivity index (χ0n) is 21.3. The van der Waals surface area contributed by atoms with Gasteiger partial charge in [-0.15, -0.1) is 0 Å². The predicted molar refractivity (Wildman–Crippen MR) is 144 cm³/mol. The number of hydrogen-bond donors (Lipinski definition) is 2. The van der Waals surface area contributed by atoms with E-state index in [2.05, 4.69) is 25.6 Å². The number of benzene rings is 2. The molecule has 0 radical (unpaired) electrons. The van der Waals surface area contributed by atoms with Crippen molar-refractivity contribution >= 4 is 42.5 Å². The summed E-state index contributed by atoms with van der Waals surface area (Å²) in [5.41, 5.74) is -0.397. The average molecular weight is 592 g/mol. The summed E-state index contributed by atoms with van der Waals surface area (Å²) in [4.78, 5) is 13.4. The molecule has 0 unspecified atom stereocenters. The van der Waals surface area contributed by atoms with Crippen molar-refractivity contribution < 1.29 is 30.0 Å². The third kappa shape index (κ3) is 5.72. The van der Waals surface area contributed by atoms with Crippen molar-refractivity contribution in [3.05, 3.63) is 66.2 Å². The summed E-state index contributed by atoms with van der Waals surface area (Å²) in [6.07, 6.45) is -2.60. The Hall–Kier alpha value is -3.78. The van der Waals surface area contributed by atoms with Crippen molar-refractivity contribution in [3.63, 3.8) is 0 Å². The van der Waals surface area contributed by atoms with Gasteiger partial charge in [-0.05, 0) is 54.8 Å². The standard InChI is InChI=1S/C26H24F3N5O4S2/c1-39(35,36)18-7-3-5-16(13-18)15-30-24-32-21-10-9-20(17-6-4-8-19(14-17)40(2,37)38)31-22(21)23(33-24)34-25(11-12-25)26(27,28)29/h3-10,13-14H,11-12,15H2,1-2H3,(H2,30,32,33,34). The average Bonchev–Trinajstić information content (AvgIpc) is 3.68. The highest BCUT2D eigenvalue weighted by atomic mass is 32.2. The molecule has 210 valence electrons. The lowest BCUT2D eigenvalue weighted by molar-refractivity contribution is -0.151. The largest absolute Gasteiger partial charge is 0.411 e. The van der Waals surface area contributed by atoms with E-state index >= 15 is 0 Å². The van der Waals surface area contributed by atoms with Gasteiger partial charge in [0.25, 0.3) is 0 Å². The summed E-state index contributed by atoms with van der Waals surface area (Å²) in [5.74, 6) is -0.111. The van der Waals surface area contributed by atoms with Crippen LogP contribution in [-0.4, -0.2) is 56.0 Å². The molecule has 4 aromatic rings. The molecule has 1 fully saturated rings. The number of anilines is 2. The Morgan fingerprint density at radius 1 is 0.850 bits per heavy atom. The molecule has 0 aliphatic heterocycles. The van der Waals surface area contributed by atoms with Crippen LogP contribution in [0, 0.1) is 0 Å². The SMILES string of the molecule is CS(=O)(=O)c1cccc(CNc2nc(NC3(C(F)(F)F)CC3)c3nc(-c4cccc(S(C)(=O)=O)c4)ccc3n2)c1. The Labute approximate surface area is 228 Å². The first-order valence-corrected chi connectivity index (χ1v) is 15.8. The van der Waals surface area contributed by atoms with E-state index in [1.807, 2.05) is 0 Å². The number of fused-ring (bicyclic) bond motifs is 1. The molecule has 1 saturated carbocycles. The van der Waals surface area contributed by atoms with Crippen LogP contribution in [0.5, 0.6) is 0 Å². The van der Waals surface area contributed by atoms with Crippen LogP contribution in [0.1, 0.15) is 18.4 Å². The second kappa shape index (κ2) is 9.70. The van der Waals surface area contributed by atoms with Gasteiger partial charge < -0.3 is 10.6 Å². The Kier molecular flexibility index (Phi) is 6.73.